The number of amides is 1. The maximum Gasteiger partial charge on any atom is 0.290 e. The number of ether oxygens (including phenoxy) is 1. The van der Waals surface area contributed by atoms with Gasteiger partial charge in [0.2, 0.25) is 0 Å². The highest BCUT2D eigenvalue weighted by atomic mass is 35.5. The topological polar surface area (TPSA) is 79.6 Å². The van der Waals surface area contributed by atoms with Gasteiger partial charge in [-0.1, -0.05) is 32.9 Å². The highest BCUT2D eigenvalue weighted by Gasteiger charge is 2.34. The number of nitrogens with zero attached hydrogens (tertiary/aromatic N) is 3. The number of methoxy groups -OCH3 is 1. The first-order chi connectivity index (χ1) is 15.5. The number of hydrogen-bond donors (Lipinski definition) is 2. The van der Waals surface area contributed by atoms with Gasteiger partial charge < -0.3 is 24.6 Å². The summed E-state index contributed by atoms with van der Waals surface area (Å²) < 4.78 is 7.28. The number of nitrogens with one attached hydrogen (secondary N) is 1. The molecule has 1 saturated heterocycles. The number of aliphatic hydroxyl groups is 1. The lowest BCUT2D eigenvalue weighted by atomic mass is 9.88. The van der Waals surface area contributed by atoms with Crippen LogP contribution in [0.2, 0.25) is 0 Å². The number of fused-ring (bicyclic) bond motifs is 1. The molecule has 3 atom stereocenters. The molecule has 0 saturated carbocycles. The van der Waals surface area contributed by atoms with Gasteiger partial charge in [-0.25, -0.2) is 4.98 Å². The van der Waals surface area contributed by atoms with Gasteiger partial charge in [0.15, 0.2) is 5.82 Å². The molecule has 1 aliphatic rings. The lowest BCUT2D eigenvalue weighted by Crippen LogP contribution is -2.54. The largest absolute Gasteiger partial charge is 0.393 e. The number of aromatic nitrogens is 2. The van der Waals surface area contributed by atoms with E-state index in [4.69, 9.17) is 9.72 Å². The number of halogens is 2. The second kappa shape index (κ2) is 14.9. The molecular weight excluding hydrogens is 475 g/mol. The third kappa shape index (κ3) is 7.56. The molecule has 194 valence electrons. The zero-order valence-corrected chi connectivity index (χ0v) is 22.5. The van der Waals surface area contributed by atoms with E-state index in [0.717, 1.165) is 56.4 Å². The third-order valence-corrected chi connectivity index (χ3v) is 6.41. The number of carbonyl (C=O) groups is 1. The van der Waals surface area contributed by atoms with Gasteiger partial charge in [0.25, 0.3) is 5.91 Å². The quantitative estimate of drug-likeness (QED) is 0.438. The number of hydrogen-bond acceptors (Lipinski definition) is 5. The number of aryl methyl sites for hydroxylation is 1. The van der Waals surface area contributed by atoms with Crippen LogP contribution >= 0.6 is 24.8 Å². The van der Waals surface area contributed by atoms with Crippen molar-refractivity contribution >= 4 is 41.8 Å². The Morgan fingerprint density at radius 2 is 2.00 bits per heavy atom. The van der Waals surface area contributed by atoms with Crippen molar-refractivity contribution in [3.05, 3.63) is 30.1 Å². The average Bonchev–Trinajstić information content (AvgIpc) is 3.18. The summed E-state index contributed by atoms with van der Waals surface area (Å²) >= 11 is 0. The van der Waals surface area contributed by atoms with Crippen LogP contribution in [-0.2, 0) is 11.3 Å². The summed E-state index contributed by atoms with van der Waals surface area (Å²) in [6.07, 6.45) is 3.07. The number of piperidine rings is 1. The molecule has 2 N–H and O–H groups in total. The van der Waals surface area contributed by atoms with E-state index in [9.17, 15) is 9.90 Å². The molecule has 7 nitrogen and oxygen atoms in total. The maximum atomic E-state index is 13.9. The lowest BCUT2D eigenvalue weighted by Gasteiger charge is -2.40. The zero-order chi connectivity index (χ0) is 23.1. The molecule has 0 bridgehead atoms. The summed E-state index contributed by atoms with van der Waals surface area (Å²) in [6, 6.07) is 8.02. The van der Waals surface area contributed by atoms with Gasteiger partial charge in [-0.05, 0) is 49.7 Å². The van der Waals surface area contributed by atoms with Crippen LogP contribution in [0.4, 0.5) is 0 Å². The molecule has 0 aliphatic carbocycles. The Hall–Kier alpha value is -1.38. The Bertz CT molecular complexity index is 877. The first-order valence-corrected chi connectivity index (χ1v) is 12.1. The molecule has 0 radical (unpaired) electrons. The monoisotopic (exact) mass is 516 g/mol. The number of rotatable bonds is 11. The summed E-state index contributed by atoms with van der Waals surface area (Å²) in [6.45, 7) is 9.97. The van der Waals surface area contributed by atoms with Crippen molar-refractivity contribution in [2.24, 2.45) is 11.8 Å². The maximum absolute atomic E-state index is 13.9. The fourth-order valence-corrected chi connectivity index (χ4v) is 4.72. The summed E-state index contributed by atoms with van der Waals surface area (Å²) in [4.78, 5) is 20.7. The molecule has 1 aliphatic heterocycles. The number of para-hydroxylation sites is 2. The molecular formula is C25H42Cl2N4O3. The van der Waals surface area contributed by atoms with Crippen molar-refractivity contribution in [1.29, 1.82) is 0 Å². The van der Waals surface area contributed by atoms with Crippen molar-refractivity contribution in [3.8, 4) is 0 Å². The number of unbranched alkanes of at least 4 members (excludes halogenated alkanes) is 1. The van der Waals surface area contributed by atoms with Gasteiger partial charge in [0.1, 0.15) is 0 Å². The van der Waals surface area contributed by atoms with Gasteiger partial charge in [0.05, 0.1) is 17.1 Å². The summed E-state index contributed by atoms with van der Waals surface area (Å²) in [7, 11) is 1.71. The van der Waals surface area contributed by atoms with Crippen LogP contribution in [0.25, 0.3) is 11.0 Å². The Morgan fingerprint density at radius 1 is 1.26 bits per heavy atom. The van der Waals surface area contributed by atoms with Crippen LogP contribution in [-0.4, -0.2) is 71.0 Å². The highest BCUT2D eigenvalue weighted by molar-refractivity contribution is 5.95. The fourth-order valence-electron chi connectivity index (χ4n) is 4.72. The first kappa shape index (κ1) is 30.7. The van der Waals surface area contributed by atoms with Gasteiger partial charge in [-0.2, -0.15) is 0 Å². The lowest BCUT2D eigenvalue weighted by molar-refractivity contribution is 0.0383. The predicted molar refractivity (Wildman–Crippen MR) is 142 cm³/mol. The number of carbonyl (C=O) groups excluding carboxylic acids is 1. The summed E-state index contributed by atoms with van der Waals surface area (Å²) in [5, 5.41) is 13.9. The molecule has 3 rings (SSSR count). The van der Waals surface area contributed by atoms with Gasteiger partial charge in [0, 0.05) is 45.9 Å². The van der Waals surface area contributed by atoms with Crippen LogP contribution in [0.3, 0.4) is 0 Å². The smallest absolute Gasteiger partial charge is 0.290 e. The van der Waals surface area contributed by atoms with E-state index in [2.05, 4.69) is 23.7 Å². The van der Waals surface area contributed by atoms with Crippen molar-refractivity contribution in [3.63, 3.8) is 0 Å². The van der Waals surface area contributed by atoms with Crippen LogP contribution in [0.5, 0.6) is 0 Å². The molecule has 34 heavy (non-hydrogen) atoms. The van der Waals surface area contributed by atoms with Crippen LogP contribution in [0, 0.1) is 11.8 Å². The fraction of sp³-hybridized carbons (Fsp3) is 0.680. The molecule has 1 aromatic heterocycles. The Balaban J connectivity index is 0.00000289. The summed E-state index contributed by atoms with van der Waals surface area (Å²) in [5.74, 6) is 1.01. The van der Waals surface area contributed by atoms with Crippen LogP contribution < -0.4 is 5.32 Å². The normalized spacial score (nSPS) is 18.9. The SMILES string of the molecule is CC[C@@H](O)[C@H]1CNC[C@@H](N(CC(C)C)C(=O)c2nc3ccccc3n2CCCCOC)C1.Cl.Cl. The molecule has 0 spiro atoms. The van der Waals surface area contributed by atoms with E-state index in [0.29, 0.717) is 24.9 Å². The molecule has 0 unspecified atom stereocenters. The second-order valence-corrected chi connectivity index (χ2v) is 9.41. The number of aliphatic hydroxyl groups excluding tert-OH is 1. The van der Waals surface area contributed by atoms with Crippen molar-refractivity contribution in [2.45, 2.75) is 65.1 Å². The predicted octanol–water partition coefficient (Wildman–Crippen LogP) is 4.15. The standard InChI is InChI=1S/C25H40N4O3.2ClH/c1-5-23(30)19-14-20(16-26-15-19)29(17-18(2)3)25(31)24-27-21-10-6-7-11-22(21)28(24)12-8-9-13-32-4;;/h6-7,10-11,18-20,23,26,30H,5,8-9,12-17H2,1-4H3;2*1H/t19-,20+,23-;;/m1../s1. The summed E-state index contributed by atoms with van der Waals surface area (Å²) in [5.41, 5.74) is 1.85. The molecule has 9 heteroatoms. The van der Waals surface area contributed by atoms with E-state index in [1.807, 2.05) is 36.1 Å². The number of benzene rings is 1. The van der Waals surface area contributed by atoms with Crippen molar-refractivity contribution < 1.29 is 14.6 Å². The molecule has 2 heterocycles. The molecule has 1 fully saturated rings. The molecule has 2 aromatic rings. The van der Waals surface area contributed by atoms with E-state index in [-0.39, 0.29) is 48.8 Å². The Morgan fingerprint density at radius 3 is 2.68 bits per heavy atom. The highest BCUT2D eigenvalue weighted by Crippen LogP contribution is 2.25. The van der Waals surface area contributed by atoms with Crippen molar-refractivity contribution in [1.82, 2.24) is 19.8 Å². The van der Waals surface area contributed by atoms with Gasteiger partial charge >= 0.3 is 0 Å². The minimum absolute atomic E-state index is 0. The molecule has 1 aromatic carbocycles. The van der Waals surface area contributed by atoms with E-state index in [1.165, 1.54) is 0 Å². The third-order valence-electron chi connectivity index (χ3n) is 6.41. The minimum Gasteiger partial charge on any atom is -0.393 e. The average molecular weight is 518 g/mol. The van der Waals surface area contributed by atoms with Gasteiger partial charge in [-0.15, -0.1) is 24.8 Å². The zero-order valence-electron chi connectivity index (χ0n) is 20.9. The van der Waals surface area contributed by atoms with Crippen LogP contribution in [0.1, 0.15) is 57.1 Å². The Labute approximate surface area is 216 Å². The number of imidazole rings is 1. The van der Waals surface area contributed by atoms with E-state index < -0.39 is 0 Å². The second-order valence-electron chi connectivity index (χ2n) is 9.41. The van der Waals surface area contributed by atoms with Crippen LogP contribution in [0.15, 0.2) is 24.3 Å². The first-order valence-electron chi connectivity index (χ1n) is 12.1. The van der Waals surface area contributed by atoms with Crippen molar-refractivity contribution in [2.75, 3.05) is 33.4 Å². The minimum atomic E-state index is -0.341. The van der Waals surface area contributed by atoms with E-state index >= 15 is 0 Å². The Kier molecular flexibility index (Phi) is 13.4. The molecule has 1 amide bonds. The van der Waals surface area contributed by atoms with Gasteiger partial charge in [-0.3, -0.25) is 4.79 Å². The van der Waals surface area contributed by atoms with E-state index in [1.54, 1.807) is 7.11 Å².